The van der Waals surface area contributed by atoms with E-state index in [9.17, 15) is 9.59 Å². The SMILES string of the molecule is CCC(NC(=O)c1ccc(Nc2ncc3c(n2)N(N(C)CC2CCCC2)C(CC)C(=O)N3C)c(OC)c1)C1CCNCC1. The van der Waals surface area contributed by atoms with E-state index >= 15 is 0 Å². The number of carbonyl (C=O) groups excluding carboxylic acids is 2. The van der Waals surface area contributed by atoms with Crippen LogP contribution in [0.1, 0.15) is 75.6 Å². The summed E-state index contributed by atoms with van der Waals surface area (Å²) in [7, 11) is 5.43. The van der Waals surface area contributed by atoms with E-state index in [0.717, 1.165) is 38.9 Å². The molecule has 11 heteroatoms. The maximum absolute atomic E-state index is 13.3. The Morgan fingerprint density at radius 2 is 1.93 bits per heavy atom. The van der Waals surface area contributed by atoms with Crippen molar-refractivity contribution in [3.8, 4) is 5.75 Å². The van der Waals surface area contributed by atoms with Crippen molar-refractivity contribution in [3.05, 3.63) is 30.0 Å². The first-order valence-electron chi connectivity index (χ1n) is 16.0. The van der Waals surface area contributed by atoms with Gasteiger partial charge < -0.3 is 25.6 Å². The fraction of sp³-hybridized carbons (Fsp3) is 0.625. The number of ether oxygens (including phenoxy) is 1. The van der Waals surface area contributed by atoms with E-state index in [1.165, 1.54) is 25.7 Å². The molecule has 0 spiro atoms. The molecule has 2 aliphatic heterocycles. The lowest BCUT2D eigenvalue weighted by molar-refractivity contribution is -0.120. The van der Waals surface area contributed by atoms with Crippen LogP contribution in [0.15, 0.2) is 24.4 Å². The molecule has 234 valence electrons. The van der Waals surface area contributed by atoms with Crippen LogP contribution in [0.5, 0.6) is 5.75 Å². The molecule has 3 N–H and O–H groups in total. The molecule has 2 amide bonds. The van der Waals surface area contributed by atoms with E-state index in [1.807, 2.05) is 13.0 Å². The van der Waals surface area contributed by atoms with Crippen LogP contribution in [0.2, 0.25) is 0 Å². The number of rotatable bonds is 11. The quantitative estimate of drug-likeness (QED) is 0.351. The molecule has 2 fully saturated rings. The molecule has 2 atom stereocenters. The summed E-state index contributed by atoms with van der Waals surface area (Å²) in [6.45, 7) is 7.04. The smallest absolute Gasteiger partial charge is 0.251 e. The second kappa shape index (κ2) is 13.9. The zero-order valence-corrected chi connectivity index (χ0v) is 26.4. The van der Waals surface area contributed by atoms with Crippen molar-refractivity contribution in [2.75, 3.05) is 56.1 Å². The Bertz CT molecular complexity index is 1280. The number of piperidine rings is 1. The van der Waals surface area contributed by atoms with Gasteiger partial charge in [-0.05, 0) is 81.6 Å². The molecule has 3 heterocycles. The number of hydrogen-bond donors (Lipinski definition) is 3. The molecular weight excluding hydrogens is 544 g/mol. The highest BCUT2D eigenvalue weighted by Gasteiger charge is 2.40. The third-order valence-electron chi connectivity index (χ3n) is 9.41. The minimum absolute atomic E-state index is 0.0404. The molecule has 0 bridgehead atoms. The van der Waals surface area contributed by atoms with E-state index in [4.69, 9.17) is 9.72 Å². The topological polar surface area (TPSA) is 115 Å². The number of carbonyl (C=O) groups is 2. The van der Waals surface area contributed by atoms with Gasteiger partial charge in [-0.15, -0.1) is 0 Å². The second-order valence-corrected chi connectivity index (χ2v) is 12.2. The molecule has 1 saturated carbocycles. The van der Waals surface area contributed by atoms with E-state index in [0.29, 0.717) is 52.7 Å². The minimum atomic E-state index is -0.337. The molecule has 11 nitrogen and oxygen atoms in total. The van der Waals surface area contributed by atoms with Crippen LogP contribution in [-0.2, 0) is 4.79 Å². The van der Waals surface area contributed by atoms with Gasteiger partial charge in [-0.25, -0.2) is 9.99 Å². The fourth-order valence-corrected chi connectivity index (χ4v) is 6.94. The number of likely N-dealkylation sites (N-methyl/N-ethyl adjacent to an activating group) is 1. The average Bonchev–Trinajstić information content (AvgIpc) is 3.54. The highest BCUT2D eigenvalue weighted by Crippen LogP contribution is 2.38. The first-order valence-corrected chi connectivity index (χ1v) is 16.0. The maximum atomic E-state index is 13.3. The lowest BCUT2D eigenvalue weighted by Gasteiger charge is -2.45. The van der Waals surface area contributed by atoms with Gasteiger partial charge in [0.15, 0.2) is 5.82 Å². The van der Waals surface area contributed by atoms with E-state index in [1.54, 1.807) is 37.4 Å². The van der Waals surface area contributed by atoms with Crippen LogP contribution in [-0.4, -0.2) is 79.7 Å². The molecule has 3 aliphatic rings. The van der Waals surface area contributed by atoms with Crippen LogP contribution in [0.25, 0.3) is 0 Å². The summed E-state index contributed by atoms with van der Waals surface area (Å²) >= 11 is 0. The van der Waals surface area contributed by atoms with Gasteiger partial charge >= 0.3 is 0 Å². The standard InChI is InChI=1S/C32H48N8O3/c1-6-24(22-14-16-33-17-15-22)35-30(41)23-12-13-25(28(18-23)43-5)36-32-34-19-27-29(37-32)40(26(7-2)31(42)39(27)4)38(3)20-21-10-8-9-11-21/h12-13,18-19,21-22,24,26,33H,6-11,14-17,20H2,1-5H3,(H,35,41)(H,34,36,37). The summed E-state index contributed by atoms with van der Waals surface area (Å²) in [6.07, 6.45) is 10.4. The number of benzene rings is 1. The molecule has 43 heavy (non-hydrogen) atoms. The summed E-state index contributed by atoms with van der Waals surface area (Å²) in [5, 5.41) is 14.2. The maximum Gasteiger partial charge on any atom is 0.251 e. The number of fused-ring (bicyclic) bond motifs is 1. The Hall–Kier alpha value is -3.44. The van der Waals surface area contributed by atoms with E-state index in [2.05, 4.69) is 44.9 Å². The van der Waals surface area contributed by atoms with Crippen LogP contribution in [0.4, 0.5) is 23.1 Å². The largest absolute Gasteiger partial charge is 0.495 e. The number of amides is 2. The highest BCUT2D eigenvalue weighted by atomic mass is 16.5. The highest BCUT2D eigenvalue weighted by molar-refractivity contribution is 6.04. The summed E-state index contributed by atoms with van der Waals surface area (Å²) in [4.78, 5) is 37.7. The van der Waals surface area contributed by atoms with Gasteiger partial charge in [0.1, 0.15) is 17.5 Å². The summed E-state index contributed by atoms with van der Waals surface area (Å²) < 4.78 is 5.69. The zero-order valence-electron chi connectivity index (χ0n) is 26.4. The Balaban J connectivity index is 1.36. The summed E-state index contributed by atoms with van der Waals surface area (Å²) in [5.74, 6) is 2.66. The number of hydrogen-bond acceptors (Lipinski definition) is 9. The zero-order chi connectivity index (χ0) is 30.5. The number of nitrogens with one attached hydrogen (secondary N) is 3. The monoisotopic (exact) mass is 592 g/mol. The van der Waals surface area contributed by atoms with Crippen LogP contribution < -0.4 is 30.6 Å². The predicted molar refractivity (Wildman–Crippen MR) is 170 cm³/mol. The van der Waals surface area contributed by atoms with Gasteiger partial charge in [-0.2, -0.15) is 4.98 Å². The van der Waals surface area contributed by atoms with Crippen molar-refractivity contribution < 1.29 is 14.3 Å². The van der Waals surface area contributed by atoms with E-state index < -0.39 is 0 Å². The molecule has 5 rings (SSSR count). The van der Waals surface area contributed by atoms with Crippen molar-refractivity contribution in [2.45, 2.75) is 77.3 Å². The minimum Gasteiger partial charge on any atom is -0.495 e. The Kier molecular flexibility index (Phi) is 10.0. The third kappa shape index (κ3) is 6.72. The molecule has 1 saturated heterocycles. The number of methoxy groups -OCH3 is 1. The Morgan fingerprint density at radius 3 is 2.60 bits per heavy atom. The van der Waals surface area contributed by atoms with Crippen LogP contribution >= 0.6 is 0 Å². The van der Waals surface area contributed by atoms with Crippen molar-refractivity contribution >= 4 is 35.0 Å². The van der Waals surface area contributed by atoms with Crippen molar-refractivity contribution in [1.29, 1.82) is 0 Å². The van der Waals surface area contributed by atoms with E-state index in [-0.39, 0.29) is 23.9 Å². The fourth-order valence-electron chi connectivity index (χ4n) is 6.94. The predicted octanol–water partition coefficient (Wildman–Crippen LogP) is 4.34. The molecule has 0 radical (unpaired) electrons. The molecular formula is C32H48N8O3. The van der Waals surface area contributed by atoms with Crippen LogP contribution in [0, 0.1) is 11.8 Å². The lowest BCUT2D eigenvalue weighted by atomic mass is 9.88. The van der Waals surface area contributed by atoms with Gasteiger partial charge in [0.2, 0.25) is 5.95 Å². The Morgan fingerprint density at radius 1 is 1.19 bits per heavy atom. The van der Waals surface area contributed by atoms with Gasteiger partial charge in [0.25, 0.3) is 11.8 Å². The van der Waals surface area contributed by atoms with Gasteiger partial charge in [0.05, 0.1) is 19.0 Å². The average molecular weight is 593 g/mol. The van der Waals surface area contributed by atoms with Crippen molar-refractivity contribution in [1.82, 2.24) is 25.6 Å². The van der Waals surface area contributed by atoms with Gasteiger partial charge in [-0.1, -0.05) is 26.7 Å². The number of aromatic nitrogens is 2. The summed E-state index contributed by atoms with van der Waals surface area (Å²) in [5.41, 5.74) is 1.88. The third-order valence-corrected chi connectivity index (χ3v) is 9.41. The van der Waals surface area contributed by atoms with Gasteiger partial charge in [-0.3, -0.25) is 14.6 Å². The molecule has 1 aromatic heterocycles. The molecule has 1 aromatic carbocycles. The lowest BCUT2D eigenvalue weighted by Crippen LogP contribution is -2.58. The molecule has 1 aliphatic carbocycles. The van der Waals surface area contributed by atoms with Crippen LogP contribution in [0.3, 0.4) is 0 Å². The number of nitrogens with zero attached hydrogens (tertiary/aromatic N) is 5. The first-order chi connectivity index (χ1) is 20.8. The molecule has 2 aromatic rings. The number of hydrazine groups is 1. The van der Waals surface area contributed by atoms with Crippen molar-refractivity contribution in [2.24, 2.45) is 11.8 Å². The molecule has 2 unspecified atom stereocenters. The Labute approximate surface area is 255 Å². The van der Waals surface area contributed by atoms with Crippen molar-refractivity contribution in [3.63, 3.8) is 0 Å². The number of anilines is 4. The second-order valence-electron chi connectivity index (χ2n) is 12.2. The van der Waals surface area contributed by atoms with Gasteiger partial charge in [0, 0.05) is 32.2 Å². The first kappa shape index (κ1) is 31.0. The normalized spacial score (nSPS) is 20.3. The summed E-state index contributed by atoms with van der Waals surface area (Å²) in [6, 6.07) is 5.20.